The Morgan fingerprint density at radius 2 is 0.828 bits per heavy atom. The first-order valence-electron chi connectivity index (χ1n) is 24.1. The highest BCUT2D eigenvalue weighted by molar-refractivity contribution is 7.20. The van der Waals surface area contributed by atoms with Crippen molar-refractivity contribution in [3.05, 3.63) is 236 Å². The number of hydrogen-bond acceptors (Lipinski definition) is 2. The Morgan fingerprint density at radius 1 is 0.362 bits per heavy atom. The number of fused-ring (bicyclic) bond motifs is 5. The highest BCUT2D eigenvalue weighted by Gasteiger charge is 2.43. The highest BCUT2D eigenvalue weighted by Crippen LogP contribution is 2.54. The molecule has 1 aromatic heterocycles. The molecular weight excluding hydrogens is 719 g/mol. The van der Waals surface area contributed by atoms with Crippen LogP contribution >= 0.6 is 0 Å². The average molecular weight is 768 g/mol. The standard InChI is InChI=1S/C54H39N3Si/c1-6-21-40(22-7-1)55-48-33-18-19-34-49(48)56(41-23-8-2-9-24-41)52-39-42(37-38-50(52)55)57-47-32-17-16-31-46(47)54-51(57)35-20-36-53(54)58(43-25-10-3-11-26-43,44-27-12-4-13-28-44)45-29-14-5-15-30-45/h1-39H/i1D,2D,6D,7D,8D,9D,21D,22D,23D,24D. The van der Waals surface area contributed by atoms with E-state index in [1.807, 2.05) is 48.5 Å². The van der Waals surface area contributed by atoms with E-state index in [0.717, 1.165) is 21.8 Å². The monoisotopic (exact) mass is 767 g/mol. The van der Waals surface area contributed by atoms with Gasteiger partial charge in [0.25, 0.3) is 0 Å². The molecule has 0 aliphatic carbocycles. The molecule has 11 rings (SSSR count). The van der Waals surface area contributed by atoms with E-state index in [1.54, 1.807) is 34.1 Å². The molecule has 3 nitrogen and oxygen atoms in total. The number of para-hydroxylation sites is 5. The smallest absolute Gasteiger partial charge is 0.180 e. The van der Waals surface area contributed by atoms with Crippen molar-refractivity contribution < 1.29 is 13.7 Å². The average Bonchev–Trinajstić information content (AvgIpc) is 3.73. The van der Waals surface area contributed by atoms with Gasteiger partial charge in [-0.15, -0.1) is 0 Å². The lowest BCUT2D eigenvalue weighted by molar-refractivity contribution is 1.14. The molecule has 4 heteroatoms. The number of rotatable bonds is 7. The molecule has 0 saturated heterocycles. The van der Waals surface area contributed by atoms with E-state index >= 15 is 0 Å². The summed E-state index contributed by atoms with van der Waals surface area (Å²) in [6, 6.07) is 54.7. The topological polar surface area (TPSA) is 11.4 Å². The van der Waals surface area contributed by atoms with Crippen LogP contribution < -0.4 is 30.5 Å². The predicted molar refractivity (Wildman–Crippen MR) is 247 cm³/mol. The summed E-state index contributed by atoms with van der Waals surface area (Å²) < 4.78 is 90.8. The predicted octanol–water partition coefficient (Wildman–Crippen LogP) is 11.4. The quantitative estimate of drug-likeness (QED) is 0.118. The highest BCUT2D eigenvalue weighted by atomic mass is 28.3. The molecule has 58 heavy (non-hydrogen) atoms. The van der Waals surface area contributed by atoms with Gasteiger partial charge in [0.05, 0.1) is 47.5 Å². The molecule has 10 aromatic rings. The molecule has 274 valence electrons. The molecule has 9 aromatic carbocycles. The number of anilines is 6. The first kappa shape index (κ1) is 25.0. The molecule has 0 unspecified atom stereocenters. The molecule has 0 N–H and O–H groups in total. The minimum Gasteiger partial charge on any atom is -0.309 e. The van der Waals surface area contributed by atoms with Gasteiger partial charge in [0, 0.05) is 27.8 Å². The molecule has 1 aliphatic rings. The molecule has 0 spiro atoms. The summed E-state index contributed by atoms with van der Waals surface area (Å²) in [7, 11) is -3.09. The van der Waals surface area contributed by atoms with E-state index in [4.69, 9.17) is 11.0 Å². The molecule has 0 saturated carbocycles. The molecular formula is C54H39N3Si. The van der Waals surface area contributed by atoms with Crippen molar-refractivity contribution in [2.75, 3.05) is 9.80 Å². The van der Waals surface area contributed by atoms with Gasteiger partial charge in [-0.25, -0.2) is 0 Å². The van der Waals surface area contributed by atoms with Crippen molar-refractivity contribution >= 4 is 84.8 Å². The van der Waals surface area contributed by atoms with Gasteiger partial charge in [-0.05, 0) is 87.4 Å². The van der Waals surface area contributed by atoms with Crippen LogP contribution in [0, 0.1) is 0 Å². The zero-order valence-electron chi connectivity index (χ0n) is 41.1. The minimum atomic E-state index is -3.09. The molecule has 2 heterocycles. The van der Waals surface area contributed by atoms with Gasteiger partial charge in [0.1, 0.15) is 0 Å². The Labute approximate surface area is 354 Å². The lowest BCUT2D eigenvalue weighted by Crippen LogP contribution is -2.74. The van der Waals surface area contributed by atoms with Gasteiger partial charge in [-0.3, -0.25) is 0 Å². The van der Waals surface area contributed by atoms with Crippen molar-refractivity contribution in [1.82, 2.24) is 4.57 Å². The first-order chi connectivity index (χ1) is 33.0. The van der Waals surface area contributed by atoms with E-state index in [0.29, 0.717) is 28.4 Å². The minimum absolute atomic E-state index is 0.0938. The summed E-state index contributed by atoms with van der Waals surface area (Å²) in [6.07, 6.45) is 0. The Bertz CT molecular complexity index is 3510. The fraction of sp³-hybridized carbons (Fsp3) is 0. The fourth-order valence-electron chi connectivity index (χ4n) is 8.95. The number of hydrogen-bond donors (Lipinski definition) is 0. The third kappa shape index (κ3) is 5.19. The molecule has 0 bridgehead atoms. The molecule has 0 atom stereocenters. The van der Waals surface area contributed by atoms with Crippen LogP contribution in [0.1, 0.15) is 13.7 Å². The summed E-state index contributed by atoms with van der Waals surface area (Å²) in [6.45, 7) is 0. The lowest BCUT2D eigenvalue weighted by atomic mass is 10.0. The van der Waals surface area contributed by atoms with Gasteiger partial charge in [0.15, 0.2) is 8.07 Å². The Hall–Kier alpha value is -7.40. The third-order valence-corrected chi connectivity index (χ3v) is 16.0. The molecule has 0 radical (unpaired) electrons. The SMILES string of the molecule is [2H]c1c([2H])c([2H])c(N2c3ccccc3N(c3c([2H])c([2H])c([2H])c([2H])c3[2H])c3cc(-n4c5ccccc5c5c([Si](c6ccccc6)(c6ccccc6)c6ccccc6)cccc54)ccc32)c([2H])c1[2H]. The van der Waals surface area contributed by atoms with Crippen molar-refractivity contribution in [2.24, 2.45) is 0 Å². The van der Waals surface area contributed by atoms with Crippen LogP contribution in [0.5, 0.6) is 0 Å². The van der Waals surface area contributed by atoms with Gasteiger partial charge >= 0.3 is 0 Å². The van der Waals surface area contributed by atoms with Crippen LogP contribution in [0.4, 0.5) is 34.1 Å². The second-order valence-corrected chi connectivity index (χ2v) is 18.0. The van der Waals surface area contributed by atoms with Crippen LogP contribution in [0.2, 0.25) is 0 Å². The maximum Gasteiger partial charge on any atom is 0.180 e. The van der Waals surface area contributed by atoms with Crippen LogP contribution in [-0.2, 0) is 0 Å². The largest absolute Gasteiger partial charge is 0.309 e. The fourth-order valence-corrected chi connectivity index (χ4v) is 13.9. The Kier molecular flexibility index (Phi) is 6.01. The summed E-state index contributed by atoms with van der Waals surface area (Å²) in [4.78, 5) is 3.25. The molecule has 1 aliphatic heterocycles. The summed E-state index contributed by atoms with van der Waals surface area (Å²) >= 11 is 0. The van der Waals surface area contributed by atoms with Crippen molar-refractivity contribution in [2.45, 2.75) is 0 Å². The van der Waals surface area contributed by atoms with E-state index in [9.17, 15) is 2.74 Å². The number of aromatic nitrogens is 1. The zero-order chi connectivity index (χ0) is 47.2. The summed E-state index contributed by atoms with van der Waals surface area (Å²) in [5, 5.41) is 6.93. The van der Waals surface area contributed by atoms with Gasteiger partial charge < -0.3 is 14.4 Å². The van der Waals surface area contributed by atoms with Crippen LogP contribution in [0.25, 0.3) is 27.5 Å². The van der Waals surface area contributed by atoms with Crippen LogP contribution in [0.3, 0.4) is 0 Å². The van der Waals surface area contributed by atoms with Gasteiger partial charge in [0.2, 0.25) is 0 Å². The number of nitrogens with zero attached hydrogens (tertiary/aromatic N) is 3. The first-order valence-corrected chi connectivity index (χ1v) is 21.1. The summed E-state index contributed by atoms with van der Waals surface area (Å²) in [5.74, 6) is 0. The van der Waals surface area contributed by atoms with E-state index < -0.39 is 68.5 Å². The normalized spacial score (nSPS) is 14.8. The van der Waals surface area contributed by atoms with Gasteiger partial charge in [-0.1, -0.05) is 170 Å². The molecule has 0 amide bonds. The van der Waals surface area contributed by atoms with E-state index in [1.165, 1.54) is 20.7 Å². The van der Waals surface area contributed by atoms with Crippen LogP contribution in [-0.4, -0.2) is 12.6 Å². The Balaban J connectivity index is 1.26. The lowest BCUT2D eigenvalue weighted by Gasteiger charge is -2.40. The van der Waals surface area contributed by atoms with E-state index in [2.05, 4.69) is 108 Å². The second-order valence-electron chi connectivity index (χ2n) is 14.2. The van der Waals surface area contributed by atoms with Crippen molar-refractivity contribution in [3.63, 3.8) is 0 Å². The third-order valence-electron chi connectivity index (χ3n) is 11.2. The maximum absolute atomic E-state index is 9.26. The second kappa shape index (κ2) is 14.0. The van der Waals surface area contributed by atoms with Crippen LogP contribution in [0.15, 0.2) is 236 Å². The zero-order valence-corrected chi connectivity index (χ0v) is 32.1. The van der Waals surface area contributed by atoms with Crippen molar-refractivity contribution in [1.29, 1.82) is 0 Å². The van der Waals surface area contributed by atoms with Gasteiger partial charge in [-0.2, -0.15) is 0 Å². The summed E-state index contributed by atoms with van der Waals surface area (Å²) in [5.41, 5.74) is 3.77. The van der Waals surface area contributed by atoms with Crippen molar-refractivity contribution in [3.8, 4) is 5.69 Å². The molecule has 0 fully saturated rings. The maximum atomic E-state index is 9.26. The number of benzene rings is 9. The van der Waals surface area contributed by atoms with E-state index in [-0.39, 0.29) is 11.4 Å². The Morgan fingerprint density at radius 3 is 1.40 bits per heavy atom.